The molecule has 1 unspecified atom stereocenters. The number of rotatable bonds is 2. The molecular formula is C15H24ClN2O+. The van der Waals surface area contributed by atoms with E-state index in [2.05, 4.69) is 37.0 Å². The Morgan fingerprint density at radius 1 is 1.58 bits per heavy atom. The van der Waals surface area contributed by atoms with Crippen LogP contribution in [0.4, 0.5) is 0 Å². The van der Waals surface area contributed by atoms with Gasteiger partial charge in [-0.15, -0.1) is 11.6 Å². The zero-order chi connectivity index (χ0) is 14.6. The van der Waals surface area contributed by atoms with Crippen molar-refractivity contribution in [3.63, 3.8) is 0 Å². The first-order valence-electron chi connectivity index (χ1n) is 6.80. The van der Waals surface area contributed by atoms with Crippen molar-refractivity contribution < 1.29 is 4.79 Å². The number of amides is 1. The lowest BCUT2D eigenvalue weighted by Crippen LogP contribution is -2.33. The van der Waals surface area contributed by atoms with Crippen LogP contribution in [0.5, 0.6) is 0 Å². The Kier molecular flexibility index (Phi) is 5.43. The molecule has 0 radical (unpaired) electrons. The van der Waals surface area contributed by atoms with Crippen molar-refractivity contribution in [1.82, 2.24) is 5.32 Å². The second kappa shape index (κ2) is 6.43. The Balaban J connectivity index is 3.11. The first-order chi connectivity index (χ1) is 8.75. The quantitative estimate of drug-likeness (QED) is 0.769. The van der Waals surface area contributed by atoms with E-state index in [4.69, 9.17) is 11.6 Å². The van der Waals surface area contributed by atoms with Crippen LogP contribution in [0.2, 0.25) is 0 Å². The fourth-order valence-corrected chi connectivity index (χ4v) is 2.63. The smallest absolute Gasteiger partial charge is 0.309 e. The van der Waals surface area contributed by atoms with Gasteiger partial charge < -0.3 is 5.32 Å². The number of allylic oxidation sites excluding steroid dienone is 2. The van der Waals surface area contributed by atoms with E-state index in [0.29, 0.717) is 5.92 Å². The molecule has 0 aromatic rings. The van der Waals surface area contributed by atoms with Gasteiger partial charge in [0.05, 0.1) is 0 Å². The van der Waals surface area contributed by atoms with Crippen LogP contribution in [0, 0.1) is 17.4 Å². The van der Waals surface area contributed by atoms with Gasteiger partial charge in [0.25, 0.3) is 6.04 Å². The first-order valence-corrected chi connectivity index (χ1v) is 7.33. The van der Waals surface area contributed by atoms with Crippen LogP contribution >= 0.6 is 11.6 Å². The third-order valence-electron chi connectivity index (χ3n) is 3.19. The Labute approximate surface area is 121 Å². The van der Waals surface area contributed by atoms with Crippen LogP contribution < -0.4 is 5.32 Å². The Morgan fingerprint density at radius 2 is 2.21 bits per heavy atom. The summed E-state index contributed by atoms with van der Waals surface area (Å²) < 4.78 is 0. The maximum atomic E-state index is 11.5. The molecule has 4 heteroatoms. The summed E-state index contributed by atoms with van der Waals surface area (Å²) in [7, 11) is 0. The zero-order valence-corrected chi connectivity index (χ0v) is 13.3. The highest BCUT2D eigenvalue weighted by molar-refractivity contribution is 6.27. The molecule has 0 aromatic carbocycles. The number of nitrogens with one attached hydrogen (secondary N) is 1. The maximum absolute atomic E-state index is 11.5. The largest absolute Gasteiger partial charge is 0.328 e. The van der Waals surface area contributed by atoms with E-state index >= 15 is 0 Å². The lowest BCUT2D eigenvalue weighted by molar-refractivity contribution is -0.118. The highest BCUT2D eigenvalue weighted by Crippen LogP contribution is 2.40. The van der Waals surface area contributed by atoms with Crippen LogP contribution in [0.3, 0.4) is 0 Å². The first kappa shape index (κ1) is 16.0. The molecule has 0 saturated carbocycles. The number of hydrogen-bond acceptors (Lipinski definition) is 1. The van der Waals surface area contributed by atoms with Gasteiger partial charge in [0.2, 0.25) is 5.91 Å². The molecule has 0 saturated heterocycles. The van der Waals surface area contributed by atoms with Crippen molar-refractivity contribution in [3.05, 3.63) is 16.1 Å². The molecule has 1 rings (SSSR count). The summed E-state index contributed by atoms with van der Waals surface area (Å²) in [5, 5.41) is 2.91. The molecule has 19 heavy (non-hydrogen) atoms. The number of nitrogens with zero attached hydrogens (tertiary/aromatic N) is 1. The number of carbonyl (C=O) groups is 1. The molecule has 0 spiro atoms. The Morgan fingerprint density at radius 3 is 2.74 bits per heavy atom. The van der Waals surface area contributed by atoms with Gasteiger partial charge in [-0.25, -0.2) is 0 Å². The van der Waals surface area contributed by atoms with E-state index in [1.807, 2.05) is 13.8 Å². The minimum Gasteiger partial charge on any atom is -0.328 e. The Bertz CT molecular complexity index is 441. The maximum Gasteiger partial charge on any atom is 0.309 e. The summed E-state index contributed by atoms with van der Waals surface area (Å²) in [6.07, 6.45) is 1.90. The number of halogens is 1. The standard InChI is InChI=1S/C15H23ClN2O/c1-10(2)17-9-12-11(3)6-15(4,5)7-13(12)18-14(19)8-16/h10-11H,6-8H2,1-5H3/p+1. The average molecular weight is 284 g/mol. The summed E-state index contributed by atoms with van der Waals surface area (Å²) in [4.78, 5) is 15.9. The molecule has 0 bridgehead atoms. The lowest BCUT2D eigenvalue weighted by Gasteiger charge is -2.34. The molecule has 0 aliphatic heterocycles. The SMILES string of the molecule is CC(C)[N+]#CC1=C(NC(=O)CCl)CC(C)(C)CC1C. The molecule has 0 heterocycles. The van der Waals surface area contributed by atoms with Crippen molar-refractivity contribution in [1.29, 1.82) is 0 Å². The average Bonchev–Trinajstić information content (AvgIpc) is 2.25. The minimum atomic E-state index is -0.162. The van der Waals surface area contributed by atoms with Gasteiger partial charge >= 0.3 is 6.07 Å². The van der Waals surface area contributed by atoms with E-state index in [1.54, 1.807) is 0 Å². The molecule has 1 atom stereocenters. The molecule has 3 nitrogen and oxygen atoms in total. The normalized spacial score (nSPS) is 21.9. The second-order valence-electron chi connectivity index (χ2n) is 6.35. The summed E-state index contributed by atoms with van der Waals surface area (Å²) >= 11 is 5.58. The van der Waals surface area contributed by atoms with Gasteiger partial charge in [-0.05, 0) is 24.2 Å². The van der Waals surface area contributed by atoms with Crippen molar-refractivity contribution in [2.75, 3.05) is 5.88 Å². The monoisotopic (exact) mass is 283 g/mol. The van der Waals surface area contributed by atoms with Crippen molar-refractivity contribution in [2.24, 2.45) is 11.3 Å². The van der Waals surface area contributed by atoms with E-state index in [1.165, 1.54) is 0 Å². The van der Waals surface area contributed by atoms with Crippen molar-refractivity contribution in [2.45, 2.75) is 53.5 Å². The molecule has 1 amide bonds. The van der Waals surface area contributed by atoms with Gasteiger partial charge in [-0.1, -0.05) is 25.6 Å². The molecular weight excluding hydrogens is 260 g/mol. The predicted octanol–water partition coefficient (Wildman–Crippen LogP) is 3.79. The van der Waals surface area contributed by atoms with E-state index in [-0.39, 0.29) is 23.2 Å². The van der Waals surface area contributed by atoms with Crippen LogP contribution in [0.25, 0.3) is 4.85 Å². The minimum absolute atomic E-state index is 0.0209. The third kappa shape index (κ3) is 4.87. The zero-order valence-electron chi connectivity index (χ0n) is 12.5. The predicted molar refractivity (Wildman–Crippen MR) is 80.5 cm³/mol. The van der Waals surface area contributed by atoms with Crippen molar-refractivity contribution in [3.8, 4) is 6.07 Å². The van der Waals surface area contributed by atoms with Gasteiger partial charge in [0.15, 0.2) is 0 Å². The third-order valence-corrected chi connectivity index (χ3v) is 3.43. The van der Waals surface area contributed by atoms with Crippen LogP contribution in [-0.4, -0.2) is 17.8 Å². The number of alkyl halides is 1. The van der Waals surface area contributed by atoms with E-state index in [0.717, 1.165) is 24.1 Å². The topological polar surface area (TPSA) is 33.5 Å². The molecule has 106 valence electrons. The fraction of sp³-hybridized carbons (Fsp3) is 0.733. The van der Waals surface area contributed by atoms with E-state index in [9.17, 15) is 4.79 Å². The lowest BCUT2D eigenvalue weighted by atomic mass is 9.72. The van der Waals surface area contributed by atoms with Crippen LogP contribution in [0.1, 0.15) is 47.5 Å². The molecule has 1 aliphatic rings. The van der Waals surface area contributed by atoms with Gasteiger partial charge in [0.1, 0.15) is 11.5 Å². The van der Waals surface area contributed by atoms with Crippen LogP contribution in [0.15, 0.2) is 11.3 Å². The van der Waals surface area contributed by atoms with Gasteiger partial charge in [-0.3, -0.25) is 4.79 Å². The highest BCUT2D eigenvalue weighted by atomic mass is 35.5. The molecule has 0 fully saturated rings. The number of hydrogen-bond donors (Lipinski definition) is 1. The van der Waals surface area contributed by atoms with Gasteiger partial charge in [0, 0.05) is 19.5 Å². The molecule has 1 aliphatic carbocycles. The summed E-state index contributed by atoms with van der Waals surface area (Å²) in [6, 6.07) is 3.34. The Hall–Kier alpha value is -1.01. The number of carbonyl (C=O) groups excluding carboxylic acids is 1. The van der Waals surface area contributed by atoms with E-state index < -0.39 is 0 Å². The van der Waals surface area contributed by atoms with Gasteiger partial charge in [-0.2, -0.15) is 0 Å². The fourth-order valence-electron chi connectivity index (χ4n) is 2.56. The summed E-state index contributed by atoms with van der Waals surface area (Å²) in [5.74, 6) is 0.162. The summed E-state index contributed by atoms with van der Waals surface area (Å²) in [6.45, 7) is 10.6. The summed E-state index contributed by atoms with van der Waals surface area (Å²) in [5.41, 5.74) is 2.13. The highest BCUT2D eigenvalue weighted by Gasteiger charge is 2.34. The van der Waals surface area contributed by atoms with Crippen molar-refractivity contribution >= 4 is 17.5 Å². The second-order valence-corrected chi connectivity index (χ2v) is 6.62. The molecule has 1 N–H and O–H groups in total. The van der Waals surface area contributed by atoms with Crippen LogP contribution in [-0.2, 0) is 4.79 Å². The molecule has 0 aromatic heterocycles.